The summed E-state index contributed by atoms with van der Waals surface area (Å²) in [6.45, 7) is 2.89. The van der Waals surface area contributed by atoms with Crippen molar-refractivity contribution in [2.75, 3.05) is 18.5 Å². The molecule has 0 unspecified atom stereocenters. The lowest BCUT2D eigenvalue weighted by molar-refractivity contribution is 0.292. The predicted molar refractivity (Wildman–Crippen MR) is 55.8 cm³/mol. The number of aromatic nitrogens is 3. The fourth-order valence-electron chi connectivity index (χ4n) is 1.15. The summed E-state index contributed by atoms with van der Waals surface area (Å²) in [6.07, 6.45) is 2.63. The summed E-state index contributed by atoms with van der Waals surface area (Å²) >= 11 is 1.52. The highest BCUT2D eigenvalue weighted by molar-refractivity contribution is 7.20. The minimum atomic E-state index is 0.203. The molecule has 14 heavy (non-hydrogen) atoms. The third-order valence-corrected chi connectivity index (χ3v) is 2.65. The maximum Gasteiger partial charge on any atom is 0.214 e. The first-order valence-electron chi connectivity index (χ1n) is 4.47. The quantitative estimate of drug-likeness (QED) is 0.739. The molecule has 0 aliphatic carbocycles. The predicted octanol–water partition coefficient (Wildman–Crippen LogP) is 0.894. The third-order valence-electron chi connectivity index (χ3n) is 1.77. The van der Waals surface area contributed by atoms with E-state index in [1.807, 2.05) is 13.1 Å². The Bertz CT molecular complexity index is 390. The van der Waals surface area contributed by atoms with Gasteiger partial charge in [0.15, 0.2) is 0 Å². The largest absolute Gasteiger partial charge is 0.396 e. The maximum absolute atomic E-state index is 8.61. The standard InChI is InChI=1S/C8H12N4OS/c1-6-5-12-8(10-6)14-7(11-12)9-3-2-4-13/h5,13H,2-4H2,1H3,(H,9,11). The first-order valence-corrected chi connectivity index (χ1v) is 5.29. The van der Waals surface area contributed by atoms with E-state index in [1.54, 1.807) is 4.52 Å². The summed E-state index contributed by atoms with van der Waals surface area (Å²) in [5.74, 6) is 0. The fraction of sp³-hybridized carbons (Fsp3) is 0.500. The van der Waals surface area contributed by atoms with Gasteiger partial charge in [-0.2, -0.15) is 0 Å². The van der Waals surface area contributed by atoms with Crippen molar-refractivity contribution in [2.45, 2.75) is 13.3 Å². The number of nitrogens with one attached hydrogen (secondary N) is 1. The monoisotopic (exact) mass is 212 g/mol. The van der Waals surface area contributed by atoms with E-state index in [2.05, 4.69) is 15.4 Å². The van der Waals surface area contributed by atoms with Gasteiger partial charge in [0.1, 0.15) is 0 Å². The molecule has 2 aromatic rings. The van der Waals surface area contributed by atoms with Crippen molar-refractivity contribution in [1.82, 2.24) is 14.6 Å². The van der Waals surface area contributed by atoms with Crippen LogP contribution in [0.1, 0.15) is 12.1 Å². The molecule has 0 radical (unpaired) electrons. The van der Waals surface area contributed by atoms with Gasteiger partial charge in [-0.25, -0.2) is 9.50 Å². The first kappa shape index (κ1) is 9.42. The number of nitrogens with zero attached hydrogens (tertiary/aromatic N) is 3. The average Bonchev–Trinajstić information content (AvgIpc) is 2.61. The molecule has 0 aliphatic rings. The molecule has 2 N–H and O–H groups in total. The van der Waals surface area contributed by atoms with Crippen molar-refractivity contribution in [3.05, 3.63) is 11.9 Å². The number of imidazole rings is 1. The van der Waals surface area contributed by atoms with Crippen LogP contribution in [0.4, 0.5) is 5.13 Å². The smallest absolute Gasteiger partial charge is 0.214 e. The zero-order valence-electron chi connectivity index (χ0n) is 7.90. The number of rotatable bonds is 4. The summed E-state index contributed by atoms with van der Waals surface area (Å²) in [5.41, 5.74) is 0.977. The van der Waals surface area contributed by atoms with Crippen molar-refractivity contribution >= 4 is 21.4 Å². The van der Waals surface area contributed by atoms with E-state index in [9.17, 15) is 0 Å². The molecule has 6 heteroatoms. The van der Waals surface area contributed by atoms with Gasteiger partial charge in [0.25, 0.3) is 0 Å². The molecule has 2 heterocycles. The zero-order valence-corrected chi connectivity index (χ0v) is 8.71. The highest BCUT2D eigenvalue weighted by Gasteiger charge is 2.04. The fourth-order valence-corrected chi connectivity index (χ4v) is 2.01. The van der Waals surface area contributed by atoms with Crippen molar-refractivity contribution < 1.29 is 5.11 Å². The molecule has 0 aromatic carbocycles. The molecule has 76 valence electrons. The number of fused-ring (bicyclic) bond motifs is 1. The number of aryl methyl sites for hydroxylation is 1. The maximum atomic E-state index is 8.61. The summed E-state index contributed by atoms with van der Waals surface area (Å²) in [4.78, 5) is 5.19. The molecule has 0 bridgehead atoms. The van der Waals surface area contributed by atoms with E-state index < -0.39 is 0 Å². The summed E-state index contributed by atoms with van der Waals surface area (Å²) < 4.78 is 1.77. The van der Waals surface area contributed by atoms with Crippen LogP contribution in [0.5, 0.6) is 0 Å². The minimum absolute atomic E-state index is 0.203. The van der Waals surface area contributed by atoms with Crippen molar-refractivity contribution in [3.63, 3.8) is 0 Å². The minimum Gasteiger partial charge on any atom is -0.396 e. The van der Waals surface area contributed by atoms with E-state index in [1.165, 1.54) is 11.3 Å². The van der Waals surface area contributed by atoms with Crippen LogP contribution >= 0.6 is 11.3 Å². The van der Waals surface area contributed by atoms with Crippen LogP contribution in [-0.4, -0.2) is 32.9 Å². The molecule has 0 atom stereocenters. The SMILES string of the molecule is Cc1cn2nc(NCCCO)sc2n1. The van der Waals surface area contributed by atoms with Crippen molar-refractivity contribution in [3.8, 4) is 0 Å². The van der Waals surface area contributed by atoms with Crippen LogP contribution in [0.3, 0.4) is 0 Å². The summed E-state index contributed by atoms with van der Waals surface area (Å²) in [6, 6.07) is 0. The average molecular weight is 212 g/mol. The first-order chi connectivity index (χ1) is 6.79. The zero-order chi connectivity index (χ0) is 9.97. The number of hydrogen-bond acceptors (Lipinski definition) is 5. The van der Waals surface area contributed by atoms with Crippen LogP contribution in [0, 0.1) is 6.92 Å². The van der Waals surface area contributed by atoms with Gasteiger partial charge in [0, 0.05) is 13.2 Å². The van der Waals surface area contributed by atoms with Gasteiger partial charge >= 0.3 is 0 Å². The Morgan fingerprint density at radius 3 is 3.21 bits per heavy atom. The van der Waals surface area contributed by atoms with Crippen molar-refractivity contribution in [1.29, 1.82) is 0 Å². The van der Waals surface area contributed by atoms with Crippen LogP contribution in [0.2, 0.25) is 0 Å². The van der Waals surface area contributed by atoms with E-state index >= 15 is 0 Å². The normalized spacial score (nSPS) is 11.0. The van der Waals surface area contributed by atoms with Crippen LogP contribution in [0.15, 0.2) is 6.20 Å². The summed E-state index contributed by atoms with van der Waals surface area (Å²) in [7, 11) is 0. The highest BCUT2D eigenvalue weighted by atomic mass is 32.1. The van der Waals surface area contributed by atoms with E-state index in [0.29, 0.717) is 0 Å². The molecule has 0 amide bonds. The van der Waals surface area contributed by atoms with Gasteiger partial charge in [0.2, 0.25) is 10.1 Å². The second-order valence-corrected chi connectivity index (χ2v) is 3.98. The number of aliphatic hydroxyl groups excluding tert-OH is 1. The van der Waals surface area contributed by atoms with Gasteiger partial charge in [-0.05, 0) is 13.3 Å². The van der Waals surface area contributed by atoms with Gasteiger partial charge in [-0.3, -0.25) is 0 Å². The second-order valence-electron chi connectivity index (χ2n) is 3.02. The summed E-state index contributed by atoms with van der Waals surface area (Å²) in [5, 5.41) is 16.9. The lowest BCUT2D eigenvalue weighted by Crippen LogP contribution is -2.03. The molecule has 0 saturated carbocycles. The van der Waals surface area contributed by atoms with Crippen LogP contribution in [0.25, 0.3) is 4.96 Å². The Labute approximate surface area is 85.4 Å². The van der Waals surface area contributed by atoms with E-state index in [4.69, 9.17) is 5.11 Å². The molecule has 2 rings (SSSR count). The molecular weight excluding hydrogens is 200 g/mol. The Hall–Kier alpha value is -1.14. The van der Waals surface area contributed by atoms with Gasteiger partial charge in [-0.15, -0.1) is 5.10 Å². The molecule has 0 spiro atoms. The highest BCUT2D eigenvalue weighted by Crippen LogP contribution is 2.18. The van der Waals surface area contributed by atoms with E-state index in [-0.39, 0.29) is 6.61 Å². The number of hydrogen-bond donors (Lipinski definition) is 2. The second kappa shape index (κ2) is 3.93. The lowest BCUT2D eigenvalue weighted by atomic mass is 10.5. The Morgan fingerprint density at radius 1 is 1.64 bits per heavy atom. The van der Waals surface area contributed by atoms with Gasteiger partial charge < -0.3 is 10.4 Å². The molecule has 0 aliphatic heterocycles. The van der Waals surface area contributed by atoms with Crippen LogP contribution < -0.4 is 5.32 Å². The molecule has 0 fully saturated rings. The third kappa shape index (κ3) is 1.85. The Balaban J connectivity index is 2.08. The van der Waals surface area contributed by atoms with Gasteiger partial charge in [-0.1, -0.05) is 11.3 Å². The molecular formula is C8H12N4OS. The molecule has 2 aromatic heterocycles. The lowest BCUT2D eigenvalue weighted by Gasteiger charge is -1.97. The Kier molecular flexibility index (Phi) is 2.64. The topological polar surface area (TPSA) is 62.5 Å². The Morgan fingerprint density at radius 2 is 2.50 bits per heavy atom. The molecule has 5 nitrogen and oxygen atoms in total. The van der Waals surface area contributed by atoms with Gasteiger partial charge in [0.05, 0.1) is 11.9 Å². The van der Waals surface area contributed by atoms with Crippen molar-refractivity contribution in [2.24, 2.45) is 0 Å². The number of anilines is 1. The molecule has 0 saturated heterocycles. The van der Waals surface area contributed by atoms with Crippen LogP contribution in [-0.2, 0) is 0 Å². The van der Waals surface area contributed by atoms with E-state index in [0.717, 1.165) is 28.8 Å². The number of aliphatic hydroxyl groups is 1.